The average molecular weight is 206 g/mol. The van der Waals surface area contributed by atoms with Crippen LogP contribution < -0.4 is 0 Å². The predicted molar refractivity (Wildman–Crippen MR) is 53.3 cm³/mol. The van der Waals surface area contributed by atoms with Crippen LogP contribution >= 0.6 is 21.6 Å². The molecule has 0 aromatic carbocycles. The Hall–Kier alpha value is 0.620. The first kappa shape index (κ1) is 9.19. The Balaban J connectivity index is 1.98. The highest BCUT2D eigenvalue weighted by Gasteiger charge is 2.48. The first-order valence-electron chi connectivity index (χ1n) is 4.26. The minimum atomic E-state index is 0.419. The van der Waals surface area contributed by atoms with Gasteiger partial charge in [0.05, 0.1) is 11.2 Å². The molecule has 70 valence electrons. The van der Waals surface area contributed by atoms with Crippen LogP contribution in [-0.4, -0.2) is 31.5 Å². The van der Waals surface area contributed by atoms with E-state index in [-0.39, 0.29) is 0 Å². The molecule has 0 aromatic rings. The molecular weight excluding hydrogens is 192 g/mol. The van der Waals surface area contributed by atoms with Crippen molar-refractivity contribution < 1.29 is 9.47 Å². The molecule has 2 fully saturated rings. The molecule has 0 radical (unpaired) electrons. The number of ether oxygens (including phenoxy) is 2. The Morgan fingerprint density at radius 3 is 2.58 bits per heavy atom. The van der Waals surface area contributed by atoms with Gasteiger partial charge in [-0.05, 0) is 12.8 Å². The standard InChI is InChI=1S/C8H14O2S2/c1-9-6-8(7-11-12-7)2-4-10-5-3-8/h7H,2-6H2,1H3. The van der Waals surface area contributed by atoms with Crippen molar-refractivity contribution in [3.05, 3.63) is 0 Å². The van der Waals surface area contributed by atoms with Gasteiger partial charge in [0.1, 0.15) is 0 Å². The zero-order valence-electron chi connectivity index (χ0n) is 7.25. The van der Waals surface area contributed by atoms with Gasteiger partial charge in [-0.1, -0.05) is 21.6 Å². The summed E-state index contributed by atoms with van der Waals surface area (Å²) in [5.74, 6) is 0. The van der Waals surface area contributed by atoms with E-state index in [0.717, 1.165) is 24.4 Å². The van der Waals surface area contributed by atoms with Crippen LogP contribution in [0, 0.1) is 5.41 Å². The number of hydrogen-bond donors (Lipinski definition) is 0. The van der Waals surface area contributed by atoms with E-state index >= 15 is 0 Å². The van der Waals surface area contributed by atoms with E-state index in [9.17, 15) is 0 Å². The second-order valence-corrected chi connectivity index (χ2v) is 6.21. The van der Waals surface area contributed by atoms with E-state index in [4.69, 9.17) is 9.47 Å². The summed E-state index contributed by atoms with van der Waals surface area (Å²) in [7, 11) is 5.79. The van der Waals surface area contributed by atoms with Gasteiger partial charge in [-0.25, -0.2) is 0 Å². The van der Waals surface area contributed by atoms with Gasteiger partial charge in [0.25, 0.3) is 0 Å². The van der Waals surface area contributed by atoms with E-state index in [1.54, 1.807) is 7.11 Å². The van der Waals surface area contributed by atoms with Gasteiger partial charge in [0, 0.05) is 25.7 Å². The molecule has 2 aliphatic heterocycles. The maximum absolute atomic E-state index is 5.37. The topological polar surface area (TPSA) is 18.5 Å². The van der Waals surface area contributed by atoms with E-state index in [2.05, 4.69) is 0 Å². The maximum atomic E-state index is 5.37. The van der Waals surface area contributed by atoms with Crippen molar-refractivity contribution in [2.24, 2.45) is 5.41 Å². The monoisotopic (exact) mass is 206 g/mol. The first-order valence-corrected chi connectivity index (χ1v) is 6.54. The van der Waals surface area contributed by atoms with Crippen molar-refractivity contribution in [2.45, 2.75) is 17.4 Å². The van der Waals surface area contributed by atoms with Crippen molar-refractivity contribution in [3.8, 4) is 0 Å². The second-order valence-electron chi connectivity index (χ2n) is 3.43. The third kappa shape index (κ3) is 1.76. The van der Waals surface area contributed by atoms with Gasteiger partial charge >= 0.3 is 0 Å². The molecule has 2 rings (SSSR count). The lowest BCUT2D eigenvalue weighted by Gasteiger charge is -2.35. The molecule has 0 spiro atoms. The van der Waals surface area contributed by atoms with Crippen molar-refractivity contribution in [1.29, 1.82) is 0 Å². The minimum Gasteiger partial charge on any atom is -0.384 e. The van der Waals surface area contributed by atoms with Crippen LogP contribution in [0.5, 0.6) is 0 Å². The fourth-order valence-corrected chi connectivity index (χ4v) is 4.21. The molecule has 0 N–H and O–H groups in total. The zero-order valence-corrected chi connectivity index (χ0v) is 8.88. The van der Waals surface area contributed by atoms with Gasteiger partial charge in [0.2, 0.25) is 0 Å². The normalized spacial score (nSPS) is 28.8. The Morgan fingerprint density at radius 2 is 2.08 bits per heavy atom. The van der Waals surface area contributed by atoms with Crippen LogP contribution in [-0.2, 0) is 9.47 Å². The van der Waals surface area contributed by atoms with Crippen LogP contribution in [0.15, 0.2) is 0 Å². The van der Waals surface area contributed by atoms with Crippen LogP contribution in [0.2, 0.25) is 0 Å². The first-order chi connectivity index (χ1) is 5.87. The van der Waals surface area contributed by atoms with E-state index in [0.29, 0.717) is 5.41 Å². The highest BCUT2D eigenvalue weighted by Crippen LogP contribution is 2.64. The molecule has 4 heteroatoms. The van der Waals surface area contributed by atoms with Crippen LogP contribution in [0.3, 0.4) is 0 Å². The van der Waals surface area contributed by atoms with E-state index < -0.39 is 0 Å². The summed E-state index contributed by atoms with van der Waals surface area (Å²) < 4.78 is 11.5. The SMILES string of the molecule is COCC1(C2SS2)CCOCC1. The van der Waals surface area contributed by atoms with Crippen molar-refractivity contribution >= 4 is 21.6 Å². The summed E-state index contributed by atoms with van der Waals surface area (Å²) in [6.07, 6.45) is 2.34. The molecule has 2 aliphatic rings. The predicted octanol–water partition coefficient (Wildman–Crippen LogP) is 2.15. The van der Waals surface area contributed by atoms with Gasteiger partial charge in [0.15, 0.2) is 0 Å². The van der Waals surface area contributed by atoms with Crippen LogP contribution in [0.4, 0.5) is 0 Å². The molecule has 0 aliphatic carbocycles. The molecule has 2 nitrogen and oxygen atoms in total. The van der Waals surface area contributed by atoms with Crippen molar-refractivity contribution in [3.63, 3.8) is 0 Å². The number of methoxy groups -OCH3 is 1. The van der Waals surface area contributed by atoms with Crippen molar-refractivity contribution in [2.75, 3.05) is 26.9 Å². The highest BCUT2D eigenvalue weighted by atomic mass is 33.2. The lowest BCUT2D eigenvalue weighted by Crippen LogP contribution is -2.37. The fourth-order valence-electron chi connectivity index (χ4n) is 1.75. The minimum absolute atomic E-state index is 0.419. The quantitative estimate of drug-likeness (QED) is 0.520. The molecule has 0 amide bonds. The summed E-state index contributed by atoms with van der Waals surface area (Å²) in [5.41, 5.74) is 0.419. The Kier molecular flexibility index (Phi) is 2.89. The van der Waals surface area contributed by atoms with Gasteiger partial charge in [-0.2, -0.15) is 0 Å². The summed E-state index contributed by atoms with van der Waals surface area (Å²) in [6.45, 7) is 2.74. The largest absolute Gasteiger partial charge is 0.384 e. The van der Waals surface area contributed by atoms with Crippen LogP contribution in [0.25, 0.3) is 0 Å². The van der Waals surface area contributed by atoms with Gasteiger partial charge in [-0.3, -0.25) is 0 Å². The van der Waals surface area contributed by atoms with Crippen LogP contribution in [0.1, 0.15) is 12.8 Å². The Morgan fingerprint density at radius 1 is 1.42 bits per heavy atom. The third-order valence-electron chi connectivity index (χ3n) is 2.61. The van der Waals surface area contributed by atoms with Gasteiger partial charge < -0.3 is 9.47 Å². The summed E-state index contributed by atoms with van der Waals surface area (Å²) in [6, 6.07) is 0. The van der Waals surface area contributed by atoms with Crippen molar-refractivity contribution in [1.82, 2.24) is 0 Å². The van der Waals surface area contributed by atoms with Gasteiger partial charge in [-0.15, -0.1) is 0 Å². The molecule has 12 heavy (non-hydrogen) atoms. The Labute approximate surface area is 81.2 Å². The summed E-state index contributed by atoms with van der Waals surface area (Å²) in [4.78, 5) is 0. The average Bonchev–Trinajstić information content (AvgIpc) is 2.89. The molecule has 0 unspecified atom stereocenters. The fraction of sp³-hybridized carbons (Fsp3) is 1.00. The van der Waals surface area contributed by atoms with E-state index in [1.807, 2.05) is 21.6 Å². The lowest BCUT2D eigenvalue weighted by atomic mass is 9.83. The number of hydrogen-bond acceptors (Lipinski definition) is 4. The molecular formula is C8H14O2S2. The summed E-state index contributed by atoms with van der Waals surface area (Å²) in [5, 5.41) is 0. The molecule has 0 atom stereocenters. The second kappa shape index (κ2) is 3.78. The number of rotatable bonds is 3. The molecule has 0 bridgehead atoms. The summed E-state index contributed by atoms with van der Waals surface area (Å²) >= 11 is 0. The maximum Gasteiger partial charge on any atom is 0.0790 e. The molecule has 0 saturated carbocycles. The lowest BCUT2D eigenvalue weighted by molar-refractivity contribution is -0.0174. The molecule has 2 heterocycles. The third-order valence-corrected chi connectivity index (χ3v) is 5.15. The van der Waals surface area contributed by atoms with E-state index in [1.165, 1.54) is 12.8 Å². The smallest absolute Gasteiger partial charge is 0.0790 e. The zero-order chi connectivity index (χ0) is 8.44. The molecule has 0 aromatic heterocycles. The Bertz CT molecular complexity index is 148. The highest BCUT2D eigenvalue weighted by molar-refractivity contribution is 8.92. The molecule has 2 saturated heterocycles.